The first-order chi connectivity index (χ1) is 20.3. The highest BCUT2D eigenvalue weighted by Crippen LogP contribution is 2.37. The number of pyridine rings is 1. The molecule has 4 rings (SSSR count). The Balaban J connectivity index is 1.83. The quantitative estimate of drug-likeness (QED) is 0.171. The molecule has 0 aliphatic rings. The molecule has 224 valence electrons. The molecular weight excluding hydrogens is 613 g/mol. The van der Waals surface area contributed by atoms with Crippen molar-refractivity contribution in [1.82, 2.24) is 4.98 Å². The lowest BCUT2D eigenvalue weighted by Gasteiger charge is -2.27. The summed E-state index contributed by atoms with van der Waals surface area (Å²) in [4.78, 5) is 14.7. The highest BCUT2D eigenvalue weighted by Gasteiger charge is 2.33. The third-order valence-electron chi connectivity index (χ3n) is 6.02. The second-order valence-corrected chi connectivity index (χ2v) is 12.3. The van der Waals surface area contributed by atoms with Crippen molar-refractivity contribution in [3.63, 3.8) is 0 Å². The van der Waals surface area contributed by atoms with E-state index in [0.29, 0.717) is 4.31 Å². The van der Waals surface area contributed by atoms with Crippen LogP contribution in [0.15, 0.2) is 88.8 Å². The van der Waals surface area contributed by atoms with Crippen LogP contribution in [0.25, 0.3) is 10.8 Å². The van der Waals surface area contributed by atoms with E-state index in [2.05, 4.69) is 9.72 Å². The van der Waals surface area contributed by atoms with Crippen LogP contribution in [-0.2, 0) is 29.6 Å². The van der Waals surface area contributed by atoms with Crippen LogP contribution in [0.1, 0.15) is 12.5 Å². The molecule has 16 heteroatoms. The number of alkyl halides is 3. The molecule has 3 aromatic carbocycles. The van der Waals surface area contributed by atoms with E-state index in [4.69, 9.17) is 10.00 Å². The van der Waals surface area contributed by atoms with Gasteiger partial charge in [-0.15, -0.1) is 13.2 Å². The zero-order valence-corrected chi connectivity index (χ0v) is 23.7. The van der Waals surface area contributed by atoms with Crippen LogP contribution in [0.5, 0.6) is 5.75 Å². The molecule has 0 aliphatic carbocycles. The van der Waals surface area contributed by atoms with Crippen LogP contribution in [0.3, 0.4) is 0 Å². The average Bonchev–Trinajstić information content (AvgIpc) is 2.97. The fourth-order valence-electron chi connectivity index (χ4n) is 4.14. The Morgan fingerprint density at radius 3 is 1.98 bits per heavy atom. The summed E-state index contributed by atoms with van der Waals surface area (Å²) >= 11 is 0. The van der Waals surface area contributed by atoms with Crippen LogP contribution in [0.4, 0.5) is 24.7 Å². The van der Waals surface area contributed by atoms with Gasteiger partial charge in [0, 0.05) is 17.3 Å². The maximum absolute atomic E-state index is 13.6. The van der Waals surface area contributed by atoms with Crippen molar-refractivity contribution in [2.75, 3.05) is 21.9 Å². The van der Waals surface area contributed by atoms with Crippen LogP contribution >= 0.6 is 0 Å². The minimum atomic E-state index is -4.99. The standard InChI is InChI=1S/C27H21F3N4O7S2/c1-2-33(42(36,37)21-11-7-19(15-31)8-12-21)25-16-32-26(24-6-4-3-5-23(24)25)34(17-40-18-35)43(38,39)22-13-9-20(10-14-22)41-27(28,29)30/h3-14,16,18H,2,17H2,1H3. The smallest absolute Gasteiger partial charge is 0.445 e. The zero-order chi connectivity index (χ0) is 31.4. The summed E-state index contributed by atoms with van der Waals surface area (Å²) in [5.41, 5.74) is 0.369. The first-order valence-electron chi connectivity index (χ1n) is 12.2. The number of aromatic nitrogens is 1. The number of anilines is 2. The van der Waals surface area contributed by atoms with E-state index < -0.39 is 43.8 Å². The van der Waals surface area contributed by atoms with E-state index in [-0.39, 0.29) is 45.8 Å². The van der Waals surface area contributed by atoms with Gasteiger partial charge in [0.25, 0.3) is 26.5 Å². The highest BCUT2D eigenvalue weighted by molar-refractivity contribution is 7.93. The number of halogens is 3. The average molecular weight is 635 g/mol. The zero-order valence-electron chi connectivity index (χ0n) is 22.1. The third-order valence-corrected chi connectivity index (χ3v) is 9.65. The number of nitriles is 1. The molecule has 0 radical (unpaired) electrons. The number of hydrogen-bond acceptors (Lipinski definition) is 9. The second kappa shape index (κ2) is 12.2. The van der Waals surface area contributed by atoms with E-state index in [1.165, 1.54) is 30.3 Å². The Kier molecular flexibility index (Phi) is 8.78. The van der Waals surface area contributed by atoms with Gasteiger partial charge in [0.05, 0.1) is 33.3 Å². The molecule has 0 fully saturated rings. The van der Waals surface area contributed by atoms with E-state index in [1.807, 2.05) is 6.07 Å². The minimum absolute atomic E-state index is 0.00231. The number of sulfonamides is 2. The van der Waals surface area contributed by atoms with Gasteiger partial charge >= 0.3 is 6.36 Å². The molecule has 0 atom stereocenters. The van der Waals surface area contributed by atoms with Gasteiger partial charge < -0.3 is 9.47 Å². The molecule has 11 nitrogen and oxygen atoms in total. The molecule has 4 aromatic rings. The van der Waals surface area contributed by atoms with Gasteiger partial charge in [-0.25, -0.2) is 26.1 Å². The molecule has 0 unspecified atom stereocenters. The number of nitrogens with zero attached hydrogens (tertiary/aromatic N) is 4. The first-order valence-corrected chi connectivity index (χ1v) is 15.1. The van der Waals surface area contributed by atoms with Gasteiger partial charge in [0.2, 0.25) is 0 Å². The normalized spacial score (nSPS) is 11.9. The van der Waals surface area contributed by atoms with Crippen molar-refractivity contribution in [3.05, 3.63) is 84.6 Å². The molecule has 1 heterocycles. The van der Waals surface area contributed by atoms with Crippen molar-refractivity contribution in [2.45, 2.75) is 23.1 Å². The van der Waals surface area contributed by atoms with E-state index >= 15 is 0 Å². The van der Waals surface area contributed by atoms with Gasteiger partial charge in [-0.2, -0.15) is 5.26 Å². The molecule has 0 spiro atoms. The van der Waals surface area contributed by atoms with Gasteiger partial charge in [-0.3, -0.25) is 9.10 Å². The Morgan fingerprint density at radius 2 is 1.44 bits per heavy atom. The molecule has 43 heavy (non-hydrogen) atoms. The van der Waals surface area contributed by atoms with E-state index in [9.17, 15) is 34.8 Å². The Labute approximate surface area is 244 Å². The summed E-state index contributed by atoms with van der Waals surface area (Å²) in [7, 11) is -8.77. The maximum Gasteiger partial charge on any atom is 0.573 e. The van der Waals surface area contributed by atoms with Gasteiger partial charge in [-0.05, 0) is 55.5 Å². The molecule has 0 aliphatic heterocycles. The largest absolute Gasteiger partial charge is 0.573 e. The predicted molar refractivity (Wildman–Crippen MR) is 148 cm³/mol. The van der Waals surface area contributed by atoms with Crippen molar-refractivity contribution in [1.29, 1.82) is 5.26 Å². The van der Waals surface area contributed by atoms with Crippen LogP contribution < -0.4 is 13.3 Å². The van der Waals surface area contributed by atoms with Crippen molar-refractivity contribution in [3.8, 4) is 11.8 Å². The fourth-order valence-corrected chi connectivity index (χ4v) is 6.93. The highest BCUT2D eigenvalue weighted by atomic mass is 32.2. The monoisotopic (exact) mass is 634 g/mol. The van der Waals surface area contributed by atoms with Crippen LogP contribution in [-0.4, -0.2) is 47.9 Å². The number of benzene rings is 3. The number of fused-ring (bicyclic) bond motifs is 1. The maximum atomic E-state index is 13.6. The van der Waals surface area contributed by atoms with Gasteiger partial charge in [0.1, 0.15) is 5.75 Å². The summed E-state index contributed by atoms with van der Waals surface area (Å²) in [5, 5.41) is 9.48. The molecule has 0 N–H and O–H groups in total. The number of ether oxygens (including phenoxy) is 2. The summed E-state index contributed by atoms with van der Waals surface area (Å²) in [5.74, 6) is -0.901. The third kappa shape index (κ3) is 6.47. The van der Waals surface area contributed by atoms with Crippen molar-refractivity contribution >= 4 is 48.8 Å². The summed E-state index contributed by atoms with van der Waals surface area (Å²) in [6, 6.07) is 16.8. The lowest BCUT2D eigenvalue weighted by molar-refractivity contribution is -0.274. The van der Waals surface area contributed by atoms with Crippen LogP contribution in [0.2, 0.25) is 0 Å². The fraction of sp³-hybridized carbons (Fsp3) is 0.148. The van der Waals surface area contributed by atoms with Crippen LogP contribution in [0, 0.1) is 11.3 Å². The van der Waals surface area contributed by atoms with Crippen molar-refractivity contribution < 1.29 is 44.3 Å². The van der Waals surface area contributed by atoms with Gasteiger partial charge in [-0.1, -0.05) is 24.3 Å². The first kappa shape index (κ1) is 31.1. The molecular formula is C27H21F3N4O7S2. The Hall–Kier alpha value is -4.88. The lowest BCUT2D eigenvalue weighted by Crippen LogP contribution is -2.35. The second-order valence-electron chi connectivity index (χ2n) is 8.58. The topological polar surface area (TPSA) is 147 Å². The number of hydrogen-bond donors (Lipinski definition) is 0. The Morgan fingerprint density at radius 1 is 0.884 bits per heavy atom. The number of rotatable bonds is 11. The predicted octanol–water partition coefficient (Wildman–Crippen LogP) is 4.55. The lowest BCUT2D eigenvalue weighted by atomic mass is 10.1. The van der Waals surface area contributed by atoms with Crippen molar-refractivity contribution in [2.24, 2.45) is 0 Å². The van der Waals surface area contributed by atoms with E-state index in [0.717, 1.165) is 34.8 Å². The molecule has 0 saturated heterocycles. The molecule has 1 aromatic heterocycles. The van der Waals surface area contributed by atoms with E-state index in [1.54, 1.807) is 25.1 Å². The molecule has 0 saturated carbocycles. The Bertz CT molecular complexity index is 1890. The molecule has 0 amide bonds. The van der Waals surface area contributed by atoms with Gasteiger partial charge in [0.15, 0.2) is 12.5 Å². The number of carbonyl (C=O) groups excluding carboxylic acids is 1. The molecule has 0 bridgehead atoms. The summed E-state index contributed by atoms with van der Waals surface area (Å²) in [6.45, 7) is 0.688. The minimum Gasteiger partial charge on any atom is -0.445 e. The number of carbonyl (C=O) groups is 1. The SMILES string of the molecule is CCN(c1cnc(N(COC=O)S(=O)(=O)c2ccc(OC(F)(F)F)cc2)c2ccccc12)S(=O)(=O)c1ccc(C#N)cc1. The summed E-state index contributed by atoms with van der Waals surface area (Å²) < 4.78 is 102. The summed E-state index contributed by atoms with van der Waals surface area (Å²) in [6.07, 6.45) is -3.85.